The summed E-state index contributed by atoms with van der Waals surface area (Å²) in [5.41, 5.74) is 2.05. The van der Waals surface area contributed by atoms with Crippen LogP contribution in [0.3, 0.4) is 0 Å². The molecular weight excluding hydrogens is 1380 g/mol. The number of nitriles is 1. The van der Waals surface area contributed by atoms with Gasteiger partial charge in [-0.3, -0.25) is 4.79 Å². The van der Waals surface area contributed by atoms with Gasteiger partial charge >= 0.3 is 0 Å². The van der Waals surface area contributed by atoms with E-state index in [0.717, 1.165) is 37.1 Å². The van der Waals surface area contributed by atoms with Gasteiger partial charge in [0.1, 0.15) is 79.7 Å². The van der Waals surface area contributed by atoms with Crippen molar-refractivity contribution >= 4 is 33.7 Å². The summed E-state index contributed by atoms with van der Waals surface area (Å²) in [5, 5.41) is 27.8. The Balaban J connectivity index is 0.000000430. The molecule has 102 heavy (non-hydrogen) atoms. The molecule has 2 aromatic rings. The fraction of sp³-hybridized carbons (Fsp3) is 0.818. The quantitative estimate of drug-likeness (QED) is 0.0296. The minimum Gasteiger partial charge on any atom is -0.408 e. The molecule has 0 saturated carbocycles. The largest absolute Gasteiger partial charge is 0.408 e. The molecule has 5 saturated heterocycles. The summed E-state index contributed by atoms with van der Waals surface area (Å²) in [7, 11) is -0.331. The van der Waals surface area contributed by atoms with Crippen LogP contribution in [0.5, 0.6) is 0 Å². The van der Waals surface area contributed by atoms with E-state index in [9.17, 15) is 37.0 Å². The summed E-state index contributed by atoms with van der Waals surface area (Å²) < 4.78 is 142. The average molecular weight is 1520 g/mol. The van der Waals surface area contributed by atoms with Crippen molar-refractivity contribution in [1.29, 1.82) is 5.26 Å². The Morgan fingerprint density at radius 1 is 0.608 bits per heavy atom. The molecule has 0 aliphatic carbocycles. The molecule has 25 heteroatoms. The molecule has 2 aromatic carbocycles. The Labute approximate surface area is 618 Å². The van der Waals surface area contributed by atoms with Crippen molar-refractivity contribution in [2.45, 2.75) is 292 Å². The minimum atomic E-state index is -1.97. The molecule has 2 N–H and O–H groups in total. The van der Waals surface area contributed by atoms with Crippen molar-refractivity contribution in [3.05, 3.63) is 71.8 Å². The smallest absolute Gasteiger partial charge is 0.259 e. The number of methoxy groups -OCH3 is 2. The van der Waals surface area contributed by atoms with Gasteiger partial charge in [0, 0.05) is 62.8 Å². The van der Waals surface area contributed by atoms with Gasteiger partial charge in [-0.1, -0.05) is 171 Å². The van der Waals surface area contributed by atoms with E-state index in [2.05, 4.69) is 72.3 Å². The number of hydrogen-bond acceptors (Lipinski definition) is 17. The molecule has 5 aliphatic rings. The van der Waals surface area contributed by atoms with Gasteiger partial charge in [-0.15, -0.1) is 0 Å². The van der Waals surface area contributed by atoms with Gasteiger partial charge in [0.05, 0.1) is 95.9 Å². The van der Waals surface area contributed by atoms with Crippen molar-refractivity contribution in [2.75, 3.05) is 67.0 Å². The highest BCUT2D eigenvalue weighted by molar-refractivity contribution is 7.44. The van der Waals surface area contributed by atoms with Crippen LogP contribution in [-0.2, 0) is 74.1 Å². The van der Waals surface area contributed by atoms with Gasteiger partial charge in [-0.2, -0.15) is 5.26 Å². The van der Waals surface area contributed by atoms with Crippen molar-refractivity contribution in [3.8, 4) is 6.07 Å². The Morgan fingerprint density at radius 3 is 1.33 bits per heavy atom. The van der Waals surface area contributed by atoms with Gasteiger partial charge in [0.15, 0.2) is 8.32 Å². The lowest BCUT2D eigenvalue weighted by molar-refractivity contribution is -0.192. The SMILES string of the molecule is CC(C)C(=O)Cl.CC(C)[C@H]1OC[C@@H](C)[C@H](F)C1O[Si](C)(C)C(C)(C)C.CC(C)[C@H]1OC[C@H](C)[C@H](F)C1OCc1ccccc1.CCCN(CCC)P(OCCC#N)O[C@H]1[C@@H](F)[C@H](C)CO[C@@H]1[C@H](C)OC.CO[C@@H](C)[C@H]1OC[C@@H](C)[C@H](F)[C@@H]1O.C[C@H](O)[C@H]1OC[C@H](C)[C@H](F)C1OCc1ccccc1. The Hall–Kier alpha value is -2.41. The third-order valence-electron chi connectivity index (χ3n) is 19.2. The zero-order valence-electron chi connectivity index (χ0n) is 65.8. The van der Waals surface area contributed by atoms with E-state index in [1.807, 2.05) is 102 Å². The second-order valence-electron chi connectivity index (χ2n) is 30.5. The Bertz CT molecular complexity index is 2480. The molecular formula is C77H133ClF5N2O15PSi. The molecule has 17 nitrogen and oxygen atoms in total. The van der Waals surface area contributed by atoms with E-state index in [0.29, 0.717) is 46.2 Å². The number of ether oxygens (including phenoxy) is 9. The van der Waals surface area contributed by atoms with Gasteiger partial charge in [0.25, 0.3) is 8.53 Å². The number of alkyl halides is 5. The van der Waals surface area contributed by atoms with Crippen LogP contribution in [0.1, 0.15) is 162 Å². The predicted molar refractivity (Wildman–Crippen MR) is 397 cm³/mol. The van der Waals surface area contributed by atoms with Crippen LogP contribution >= 0.6 is 20.1 Å². The molecule has 5 fully saturated rings. The van der Waals surface area contributed by atoms with E-state index >= 15 is 0 Å². The fourth-order valence-corrected chi connectivity index (χ4v) is 14.4. The molecule has 24 atom stereocenters. The summed E-state index contributed by atoms with van der Waals surface area (Å²) in [5.74, 6) is -0.368. The number of aliphatic hydroxyl groups excluding tert-OH is 2. The normalized spacial score (nSPS) is 31.7. The third-order valence-corrected chi connectivity index (χ3v) is 25.8. The zero-order chi connectivity index (χ0) is 77.4. The molecule has 0 radical (unpaired) electrons. The van der Waals surface area contributed by atoms with Crippen molar-refractivity contribution in [2.24, 2.45) is 47.3 Å². The second-order valence-corrected chi connectivity index (χ2v) is 37.2. The predicted octanol–water partition coefficient (Wildman–Crippen LogP) is 16.6. The lowest BCUT2D eigenvalue weighted by Gasteiger charge is -2.46. The third kappa shape index (κ3) is 31.7. The molecule has 0 aromatic heterocycles. The van der Waals surface area contributed by atoms with E-state index in [4.69, 9.17) is 73.0 Å². The second kappa shape index (κ2) is 48.9. The Kier molecular flexibility index (Phi) is 45.8. The number of halogens is 6. The maximum atomic E-state index is 15.0. The van der Waals surface area contributed by atoms with Crippen LogP contribution in [0.25, 0.3) is 0 Å². The number of hydrogen-bond donors (Lipinski definition) is 2. The number of carbonyl (C=O) groups excluding carboxylic acids is 1. The first-order valence-electron chi connectivity index (χ1n) is 37.0. The van der Waals surface area contributed by atoms with E-state index in [1.54, 1.807) is 48.7 Å². The van der Waals surface area contributed by atoms with Gasteiger partial charge in [0.2, 0.25) is 5.24 Å². The van der Waals surface area contributed by atoms with E-state index in [-0.39, 0.29) is 95.1 Å². The van der Waals surface area contributed by atoms with E-state index in [1.165, 1.54) is 7.11 Å². The lowest BCUT2D eigenvalue weighted by Crippen LogP contribution is -2.56. The highest BCUT2D eigenvalue weighted by atomic mass is 35.5. The van der Waals surface area contributed by atoms with Crippen LogP contribution in [0.15, 0.2) is 60.7 Å². The molecule has 0 bridgehead atoms. The van der Waals surface area contributed by atoms with Gasteiger partial charge in [-0.05, 0) is 86.3 Å². The molecule has 4 unspecified atom stereocenters. The first-order chi connectivity index (χ1) is 47.9. The molecule has 0 amide bonds. The van der Waals surface area contributed by atoms with Crippen molar-refractivity contribution in [1.82, 2.24) is 4.67 Å². The van der Waals surface area contributed by atoms with Gasteiger partial charge < -0.3 is 66.3 Å². The summed E-state index contributed by atoms with van der Waals surface area (Å²) in [6, 6.07) is 21.6. The number of nitrogens with zero attached hydrogens (tertiary/aromatic N) is 2. The zero-order valence-corrected chi connectivity index (χ0v) is 68.4. The number of aliphatic hydroxyl groups is 2. The maximum Gasteiger partial charge on any atom is 0.259 e. The van der Waals surface area contributed by atoms with Crippen molar-refractivity contribution in [3.63, 3.8) is 0 Å². The number of benzene rings is 2. The lowest BCUT2D eigenvalue weighted by atomic mass is 9.89. The van der Waals surface area contributed by atoms with Crippen LogP contribution in [0.2, 0.25) is 18.1 Å². The first-order valence-corrected chi connectivity index (χ1v) is 41.4. The van der Waals surface area contributed by atoms with Crippen molar-refractivity contribution < 1.29 is 93.1 Å². The molecule has 0 spiro atoms. The minimum absolute atomic E-state index is 0.0216. The highest BCUT2D eigenvalue weighted by Crippen LogP contribution is 2.48. The maximum absolute atomic E-state index is 15.0. The van der Waals surface area contributed by atoms with Crippen LogP contribution in [0, 0.1) is 58.7 Å². The van der Waals surface area contributed by atoms with Crippen LogP contribution in [-0.4, -0.2) is 206 Å². The molecule has 592 valence electrons. The van der Waals surface area contributed by atoms with Crippen LogP contribution < -0.4 is 0 Å². The van der Waals surface area contributed by atoms with Crippen LogP contribution in [0.4, 0.5) is 22.0 Å². The summed E-state index contributed by atoms with van der Waals surface area (Å²) in [4.78, 5) is 9.91. The first kappa shape index (κ1) is 95.7. The topological polar surface area (TPSA) is 195 Å². The summed E-state index contributed by atoms with van der Waals surface area (Å²) in [6.45, 7) is 45.8. The standard InChI is InChI=1S/C18H34FN2O4P.C16H23FO2.C15H21FO3.C15H31FO2Si.C9H17FO3.C4H7ClO/c1-6-10-21(11-7-2)26(24-12-8-9-20)25-18-16(19)14(3)13-23-17(18)15(4)22-5;1-11(2)15-16(14(17)12(3)9-18-15)19-10-13-7-5-4-6-8-13;1-10-8-18-14(11(2)17)15(13(10)16)19-9-12-6-4-3-5-7-12;1-10(2)13-14(12(16)11(3)9-17-13)18-19(7,8)15(4,5)6;1-5-4-13-9(6(2)12-3)8(11)7(5)10;1-3(2)4(5)6/h14-18H,6-8,10-13H2,1-5H3;4-8,11-12,14-16H,9-10H2,1-3H3;3-7,10-11,13-15,17H,8-9H2,1-2H3;10-14H,9H2,1-8H3;5-9,11H,4H2,1-3H3;3H,1-2H3/t14-,15+,16+,17-,18+,26?;12-,14-,15+,16?;10-,11-,13-,14+,15?;11-,12+,13-,14?;5-,6+,7+,8+,9-;/m10011./s1. The molecule has 5 heterocycles. The summed E-state index contributed by atoms with van der Waals surface area (Å²) >= 11 is 4.97. The number of carbonyl (C=O) groups is 1. The molecule has 5 aliphatic heterocycles. The van der Waals surface area contributed by atoms with E-state index < -0.39 is 103 Å². The number of rotatable bonds is 26. The Morgan fingerprint density at radius 2 is 0.961 bits per heavy atom. The monoisotopic (exact) mass is 1510 g/mol. The highest BCUT2D eigenvalue weighted by Gasteiger charge is 2.49. The average Bonchev–Trinajstić information content (AvgIpc) is 0.798. The fourth-order valence-electron chi connectivity index (χ4n) is 11.3. The molecule has 7 rings (SSSR count). The summed E-state index contributed by atoms with van der Waals surface area (Å²) in [6.07, 6.45) is -9.83. The van der Waals surface area contributed by atoms with Gasteiger partial charge in [-0.25, -0.2) is 26.6 Å².